The van der Waals surface area contributed by atoms with Gasteiger partial charge in [-0.25, -0.2) is 9.78 Å². The van der Waals surface area contributed by atoms with Crippen LogP contribution in [0.15, 0.2) is 36.5 Å². The monoisotopic (exact) mass is 345 g/mol. The lowest BCUT2D eigenvalue weighted by molar-refractivity contribution is 0.168. The first-order valence-electron chi connectivity index (χ1n) is 8.01. The molecule has 0 unspecified atom stereocenters. The zero-order valence-corrected chi connectivity index (χ0v) is 14.7. The number of carbonyl (C=O) groups is 1. The molecule has 1 aromatic carbocycles. The lowest BCUT2D eigenvalue weighted by Gasteiger charge is -2.10. The fourth-order valence-corrected chi connectivity index (χ4v) is 2.23. The van der Waals surface area contributed by atoms with E-state index in [1.54, 1.807) is 39.5 Å². The van der Waals surface area contributed by atoms with E-state index in [1.807, 2.05) is 18.2 Å². The highest BCUT2D eigenvalue weighted by atomic mass is 16.5. The van der Waals surface area contributed by atoms with Crippen LogP contribution in [0.25, 0.3) is 0 Å². The molecule has 1 heterocycles. The standard InChI is InChI=1S/C18H23N3O4/c1-4-25-18(22)21-14-6-8-17(20-12-14)19-10-9-13-5-7-15(23-2)16(11-13)24-3/h5-8,11-12H,4,9-10H2,1-3H3,(H,19,20)(H,21,22). The molecule has 7 heteroatoms. The van der Waals surface area contributed by atoms with Crippen molar-refractivity contribution in [1.29, 1.82) is 0 Å². The Morgan fingerprint density at radius 2 is 1.92 bits per heavy atom. The number of rotatable bonds is 8. The van der Waals surface area contributed by atoms with Crippen molar-refractivity contribution in [2.75, 3.05) is 38.0 Å². The van der Waals surface area contributed by atoms with Crippen LogP contribution in [0.5, 0.6) is 11.5 Å². The molecule has 0 fully saturated rings. The summed E-state index contributed by atoms with van der Waals surface area (Å²) < 4.78 is 15.3. The lowest BCUT2D eigenvalue weighted by atomic mass is 10.1. The molecule has 2 rings (SSSR count). The molecule has 0 aliphatic rings. The maximum absolute atomic E-state index is 11.3. The molecule has 1 aromatic heterocycles. The number of aromatic nitrogens is 1. The second-order valence-electron chi connectivity index (χ2n) is 5.14. The van der Waals surface area contributed by atoms with E-state index in [9.17, 15) is 4.79 Å². The molecule has 0 saturated heterocycles. The van der Waals surface area contributed by atoms with Gasteiger partial charge in [0, 0.05) is 6.54 Å². The maximum Gasteiger partial charge on any atom is 0.411 e. The molecule has 0 bridgehead atoms. The van der Waals surface area contributed by atoms with Crippen molar-refractivity contribution >= 4 is 17.6 Å². The molecule has 0 aliphatic carbocycles. The summed E-state index contributed by atoms with van der Waals surface area (Å²) in [6, 6.07) is 9.42. The average molecular weight is 345 g/mol. The second kappa shape index (κ2) is 9.36. The third-order valence-electron chi connectivity index (χ3n) is 3.45. The Morgan fingerprint density at radius 3 is 2.56 bits per heavy atom. The Balaban J connectivity index is 1.84. The number of benzene rings is 1. The third kappa shape index (κ3) is 5.56. The van der Waals surface area contributed by atoms with E-state index in [-0.39, 0.29) is 0 Å². The Bertz CT molecular complexity index is 689. The van der Waals surface area contributed by atoms with Gasteiger partial charge in [-0.15, -0.1) is 0 Å². The average Bonchev–Trinajstić information content (AvgIpc) is 2.63. The molecule has 7 nitrogen and oxygen atoms in total. The van der Waals surface area contributed by atoms with E-state index in [1.165, 1.54) is 0 Å². The van der Waals surface area contributed by atoms with Crippen molar-refractivity contribution in [3.63, 3.8) is 0 Å². The number of anilines is 2. The van der Waals surface area contributed by atoms with Gasteiger partial charge in [-0.1, -0.05) is 6.07 Å². The first-order chi connectivity index (χ1) is 12.2. The molecule has 0 saturated carbocycles. The minimum atomic E-state index is -0.488. The van der Waals surface area contributed by atoms with Gasteiger partial charge in [0.2, 0.25) is 0 Å². The van der Waals surface area contributed by atoms with Crippen LogP contribution in [-0.2, 0) is 11.2 Å². The van der Waals surface area contributed by atoms with Crippen molar-refractivity contribution in [3.05, 3.63) is 42.1 Å². The SMILES string of the molecule is CCOC(=O)Nc1ccc(NCCc2ccc(OC)c(OC)c2)nc1. The molecular formula is C18H23N3O4. The highest BCUT2D eigenvalue weighted by Crippen LogP contribution is 2.27. The first-order valence-corrected chi connectivity index (χ1v) is 8.01. The van der Waals surface area contributed by atoms with Crippen LogP contribution >= 0.6 is 0 Å². The fourth-order valence-electron chi connectivity index (χ4n) is 2.23. The summed E-state index contributed by atoms with van der Waals surface area (Å²) in [6.07, 6.45) is 1.90. The zero-order chi connectivity index (χ0) is 18.1. The van der Waals surface area contributed by atoms with Gasteiger partial charge in [-0.05, 0) is 43.2 Å². The summed E-state index contributed by atoms with van der Waals surface area (Å²) in [7, 11) is 3.24. The minimum absolute atomic E-state index is 0.328. The van der Waals surface area contributed by atoms with E-state index in [4.69, 9.17) is 14.2 Å². The maximum atomic E-state index is 11.3. The van der Waals surface area contributed by atoms with Crippen LogP contribution in [-0.4, -0.2) is 38.4 Å². The quantitative estimate of drug-likeness (QED) is 0.764. The van der Waals surface area contributed by atoms with E-state index in [0.717, 1.165) is 17.8 Å². The Labute approximate surface area is 147 Å². The molecule has 1 amide bonds. The number of pyridine rings is 1. The number of amides is 1. The van der Waals surface area contributed by atoms with Crippen molar-refractivity contribution in [2.45, 2.75) is 13.3 Å². The normalized spacial score (nSPS) is 10.0. The molecule has 0 radical (unpaired) electrons. The van der Waals surface area contributed by atoms with E-state index < -0.39 is 6.09 Å². The number of hydrogen-bond acceptors (Lipinski definition) is 6. The summed E-state index contributed by atoms with van der Waals surface area (Å²) >= 11 is 0. The van der Waals surface area contributed by atoms with Crippen LogP contribution in [0.2, 0.25) is 0 Å². The third-order valence-corrected chi connectivity index (χ3v) is 3.45. The minimum Gasteiger partial charge on any atom is -0.493 e. The molecule has 2 N–H and O–H groups in total. The molecule has 25 heavy (non-hydrogen) atoms. The van der Waals surface area contributed by atoms with Crippen LogP contribution in [0, 0.1) is 0 Å². The Morgan fingerprint density at radius 1 is 1.12 bits per heavy atom. The highest BCUT2D eigenvalue weighted by molar-refractivity contribution is 5.84. The molecule has 2 aromatic rings. The molecule has 0 atom stereocenters. The molecular weight excluding hydrogens is 322 g/mol. The largest absolute Gasteiger partial charge is 0.493 e. The topological polar surface area (TPSA) is 81.7 Å². The van der Waals surface area contributed by atoms with Crippen LogP contribution in [0.1, 0.15) is 12.5 Å². The number of ether oxygens (including phenoxy) is 3. The van der Waals surface area contributed by atoms with Gasteiger partial charge in [0.15, 0.2) is 11.5 Å². The molecule has 134 valence electrons. The van der Waals surface area contributed by atoms with Gasteiger partial charge in [-0.3, -0.25) is 5.32 Å². The summed E-state index contributed by atoms with van der Waals surface area (Å²) in [5.41, 5.74) is 1.72. The number of hydrogen-bond donors (Lipinski definition) is 2. The predicted octanol–water partition coefficient (Wildman–Crippen LogP) is 3.32. The van der Waals surface area contributed by atoms with Gasteiger partial charge in [-0.2, -0.15) is 0 Å². The van der Waals surface area contributed by atoms with Crippen molar-refractivity contribution < 1.29 is 19.0 Å². The zero-order valence-electron chi connectivity index (χ0n) is 14.7. The first kappa shape index (κ1) is 18.4. The number of carbonyl (C=O) groups excluding carboxylic acids is 1. The van der Waals surface area contributed by atoms with E-state index >= 15 is 0 Å². The van der Waals surface area contributed by atoms with Gasteiger partial charge in [0.1, 0.15) is 5.82 Å². The second-order valence-corrected chi connectivity index (χ2v) is 5.14. The lowest BCUT2D eigenvalue weighted by Crippen LogP contribution is -2.13. The number of nitrogens with zero attached hydrogens (tertiary/aromatic N) is 1. The molecule has 0 spiro atoms. The number of methoxy groups -OCH3 is 2. The van der Waals surface area contributed by atoms with Crippen LogP contribution in [0.4, 0.5) is 16.3 Å². The molecule has 0 aliphatic heterocycles. The van der Waals surface area contributed by atoms with Crippen molar-refractivity contribution in [1.82, 2.24) is 4.98 Å². The summed E-state index contributed by atoms with van der Waals surface area (Å²) in [5.74, 6) is 2.16. The van der Waals surface area contributed by atoms with Crippen molar-refractivity contribution in [2.24, 2.45) is 0 Å². The number of nitrogens with one attached hydrogen (secondary N) is 2. The van der Waals surface area contributed by atoms with Crippen LogP contribution < -0.4 is 20.1 Å². The Hall–Kier alpha value is -2.96. The predicted molar refractivity (Wildman–Crippen MR) is 96.6 cm³/mol. The summed E-state index contributed by atoms with van der Waals surface area (Å²) in [4.78, 5) is 15.6. The van der Waals surface area contributed by atoms with Gasteiger partial charge < -0.3 is 19.5 Å². The van der Waals surface area contributed by atoms with Crippen molar-refractivity contribution in [3.8, 4) is 11.5 Å². The van der Waals surface area contributed by atoms with Crippen LogP contribution in [0.3, 0.4) is 0 Å². The smallest absolute Gasteiger partial charge is 0.411 e. The van der Waals surface area contributed by atoms with E-state index in [2.05, 4.69) is 15.6 Å². The summed E-state index contributed by atoms with van der Waals surface area (Å²) in [6.45, 7) is 2.80. The highest BCUT2D eigenvalue weighted by Gasteiger charge is 2.05. The summed E-state index contributed by atoms with van der Waals surface area (Å²) in [5, 5.41) is 5.84. The fraction of sp³-hybridized carbons (Fsp3) is 0.333. The Kier molecular flexibility index (Phi) is 6.88. The van der Waals surface area contributed by atoms with Gasteiger partial charge in [0.05, 0.1) is 32.7 Å². The van der Waals surface area contributed by atoms with Gasteiger partial charge in [0.25, 0.3) is 0 Å². The van der Waals surface area contributed by atoms with Gasteiger partial charge >= 0.3 is 6.09 Å². The van der Waals surface area contributed by atoms with E-state index in [0.29, 0.717) is 30.3 Å².